The van der Waals surface area contributed by atoms with Gasteiger partial charge in [-0.1, -0.05) is 0 Å². The molecule has 9 heavy (non-hydrogen) atoms. The van der Waals surface area contributed by atoms with E-state index in [-0.39, 0.29) is 0 Å². The van der Waals surface area contributed by atoms with E-state index in [1.54, 1.807) is 0 Å². The fourth-order valence-electron chi connectivity index (χ4n) is 0. The first kappa shape index (κ1) is 40.0. The predicted molar refractivity (Wildman–Crippen MR) is 20.6 cm³/mol. The Bertz CT molecular complexity index is 43.6. The van der Waals surface area contributed by atoms with Crippen LogP contribution in [-0.4, -0.2) is 5.92 Å². The van der Waals surface area contributed by atoms with Gasteiger partial charge >= 0.3 is 0 Å². The average Bonchev–Trinajstić information content (AvgIpc) is 1.35. The normalized spacial score (nSPS) is 8.00. The first-order valence-corrected chi connectivity index (χ1v) is 1.74. The molecule has 0 spiro atoms. The van der Waals surface area contributed by atoms with E-state index in [9.17, 15) is 8.78 Å². The van der Waals surface area contributed by atoms with Crippen LogP contribution in [0.1, 0.15) is 13.8 Å². The van der Waals surface area contributed by atoms with Crippen LogP contribution in [0.25, 0.3) is 0 Å². The molecule has 0 bridgehead atoms. The van der Waals surface area contributed by atoms with E-state index in [0.29, 0.717) is 0 Å². The molecule has 0 saturated heterocycles. The van der Waals surface area contributed by atoms with Gasteiger partial charge in [-0.2, -0.15) is 6.92 Å². The second kappa shape index (κ2) is 4.86. The Labute approximate surface area is 36.2 Å². The van der Waals surface area contributed by atoms with Gasteiger partial charge in [-0.05, 0) is 6.92 Å². The fourth-order valence-corrected chi connectivity index (χ4v) is 0. The van der Waals surface area contributed by atoms with Crippen LogP contribution in [0.2, 0.25) is 0 Å². The minimum atomic E-state index is -2.58. The molecule has 0 radical (unpaired) electrons. The van der Waals surface area contributed by atoms with Gasteiger partial charge in [-0.25, -0.2) is 8.78 Å². The van der Waals surface area contributed by atoms with Crippen LogP contribution in [0.5, 0.6) is 0 Å². The van der Waals surface area contributed by atoms with E-state index in [1.807, 2.05) is 0 Å². The summed E-state index contributed by atoms with van der Waals surface area (Å²) in [7, 11) is 0. The second-order valence-corrected chi connectivity index (χ2v) is 1.24. The standard InChI is InChI=1S/C4H7F2.3Rf/c1-3-4(2,5)6;;;/h3H,1-2H3;;;/q-1;;;. The Morgan fingerprint density at radius 1 is 1.11 bits per heavy atom. The molecule has 0 amide bonds. The van der Waals surface area contributed by atoms with E-state index in [0.717, 1.165) is 13.3 Å². The molecule has 5 heteroatoms. The number of rotatable bonds is 1. The van der Waals surface area contributed by atoms with Crippen LogP contribution in [0, 0.1) is 6.42 Å². The van der Waals surface area contributed by atoms with Gasteiger partial charge in [0.1, 0.15) is 5.92 Å². The van der Waals surface area contributed by atoms with Crippen LogP contribution < -0.4 is 0 Å². The largest absolute Gasteiger partial charge is 0.263 e. The number of halogens is 2. The van der Waals surface area contributed by atoms with Crippen molar-refractivity contribution in [2.75, 3.05) is 0 Å². The zero-order valence-corrected chi connectivity index (χ0v) is 25.2. The fraction of sp³-hybridized carbons (Fsp3) is 0.750. The summed E-state index contributed by atoms with van der Waals surface area (Å²) < 4.78 is 22.8. The summed E-state index contributed by atoms with van der Waals surface area (Å²) in [5.41, 5.74) is 0. The molecular formula is C4H7F2Rf3-. The summed E-state index contributed by atoms with van der Waals surface area (Å²) in [5.74, 6) is -2.58. The monoisotopic (exact) mass is 894 g/mol. The minimum absolute atomic E-state index is 0. The minimum Gasteiger partial charge on any atom is -0.263 e. The molecule has 0 aromatic carbocycles. The molecule has 0 aliphatic rings. The Morgan fingerprint density at radius 2 is 1.22 bits per heavy atom. The molecule has 0 aliphatic heterocycles. The quantitative estimate of drug-likeness (QED) is 0.354. The van der Waals surface area contributed by atoms with E-state index in [4.69, 9.17) is 0 Å². The van der Waals surface area contributed by atoms with E-state index < -0.39 is 5.92 Å². The third kappa shape index (κ3) is 2030. The van der Waals surface area contributed by atoms with Crippen molar-refractivity contribution in [3.8, 4) is 0 Å². The number of hydrogen-bond donors (Lipinski definition) is 0. The number of hydrogen-bond acceptors (Lipinski definition) is 0. The molecule has 0 N–H and O–H groups in total. The maximum atomic E-state index is 11.4. The topological polar surface area (TPSA) is 0 Å². The molecule has 0 fully saturated rings. The van der Waals surface area contributed by atoms with Crippen molar-refractivity contribution >= 4 is 0 Å². The van der Waals surface area contributed by atoms with E-state index in [2.05, 4.69) is 0 Å². The van der Waals surface area contributed by atoms with Gasteiger partial charge in [0.25, 0.3) is 0 Å². The van der Waals surface area contributed by atoms with Crippen molar-refractivity contribution in [3.63, 3.8) is 0 Å². The molecular weight excluding hydrogens is 887 g/mol. The van der Waals surface area contributed by atoms with Gasteiger partial charge in [0.05, 0.1) is 0 Å². The van der Waals surface area contributed by atoms with Crippen molar-refractivity contribution in [2.24, 2.45) is 0 Å². The maximum Gasteiger partial charge on any atom is 0.129 e. The van der Waals surface area contributed by atoms with E-state index in [1.165, 1.54) is 6.92 Å². The van der Waals surface area contributed by atoms with Gasteiger partial charge < -0.3 is 0 Å². The SMILES string of the molecule is C[CH-]C(C)(F)F.[Rf].[Rf].[Rf]. The first-order valence-electron chi connectivity index (χ1n) is 1.74. The number of alkyl halides is 2. The zero-order valence-electron chi connectivity index (χ0n) is 5.95. The molecule has 44 valence electrons. The Balaban J connectivity index is -0.0000000417. The van der Waals surface area contributed by atoms with Crippen molar-refractivity contribution < 1.29 is 8.78 Å². The summed E-state index contributed by atoms with van der Waals surface area (Å²) in [6.07, 6.45) is 0.854. The molecule has 0 aromatic rings. The van der Waals surface area contributed by atoms with Crippen molar-refractivity contribution in [3.05, 3.63) is 6.42 Å². The molecule has 0 atom stereocenters. The van der Waals surface area contributed by atoms with Crippen LogP contribution in [0.3, 0.4) is 0 Å². The molecule has 0 rings (SSSR count). The van der Waals surface area contributed by atoms with Gasteiger partial charge in [0, 0.05) is 0 Å². The molecule has 0 heterocycles. The van der Waals surface area contributed by atoms with Gasteiger partial charge in [-0.3, -0.25) is 6.42 Å². The van der Waals surface area contributed by atoms with Crippen LogP contribution >= 0.6 is 0 Å². The van der Waals surface area contributed by atoms with Gasteiger partial charge in [0.15, 0.2) is 0 Å². The Hall–Kier alpha value is -3.14. The summed E-state index contributed by atoms with van der Waals surface area (Å²) in [4.78, 5) is 0. The Kier molecular flexibility index (Phi) is 21.6. The molecule has 0 aromatic heterocycles. The summed E-state index contributed by atoms with van der Waals surface area (Å²) in [6.45, 7) is 2.19. The van der Waals surface area contributed by atoms with Crippen molar-refractivity contribution in [1.82, 2.24) is 0 Å². The van der Waals surface area contributed by atoms with Crippen molar-refractivity contribution in [2.45, 2.75) is 19.8 Å². The summed E-state index contributed by atoms with van der Waals surface area (Å²) >= 11 is 0. The summed E-state index contributed by atoms with van der Waals surface area (Å²) in [5, 5.41) is 0. The first-order chi connectivity index (χ1) is 2.56. The molecule has 0 saturated carbocycles. The average molecular weight is 894 g/mol. The molecule has 0 unspecified atom stereocenters. The van der Waals surface area contributed by atoms with Crippen LogP contribution in [0.4, 0.5) is 8.78 Å². The van der Waals surface area contributed by atoms with E-state index >= 15 is 0 Å². The molecule has 0 aliphatic carbocycles. The van der Waals surface area contributed by atoms with Crippen molar-refractivity contribution in [1.29, 1.82) is 0 Å². The van der Waals surface area contributed by atoms with Gasteiger partial charge in [0.2, 0.25) is 0 Å². The van der Waals surface area contributed by atoms with Crippen LogP contribution in [0.15, 0.2) is 0 Å². The second-order valence-electron chi connectivity index (χ2n) is 1.24. The Morgan fingerprint density at radius 3 is 1.22 bits per heavy atom. The maximum absolute atomic E-state index is 11.4. The smallest absolute Gasteiger partial charge is 0.129 e. The van der Waals surface area contributed by atoms with Gasteiger partial charge in [-0.15, -0.1) is 0 Å². The molecule has 0 nitrogen and oxygen atoms in total. The van der Waals surface area contributed by atoms with Crippen LogP contribution in [-0.2, 0) is 0 Å². The predicted octanol–water partition coefficient (Wildman–Crippen LogP) is 1.87. The third-order valence-corrected chi connectivity index (χ3v) is 0.507. The zero-order chi connectivity index (χ0) is 5.21. The summed E-state index contributed by atoms with van der Waals surface area (Å²) in [6, 6.07) is 0. The third-order valence-electron chi connectivity index (χ3n) is 0.507.